The molecule has 2 fully saturated rings. The third kappa shape index (κ3) is 3.30. The zero-order valence-electron chi connectivity index (χ0n) is 15.8. The maximum atomic E-state index is 13.4. The first-order chi connectivity index (χ1) is 12.7. The first-order valence-electron chi connectivity index (χ1n) is 9.47. The van der Waals surface area contributed by atoms with Crippen LogP contribution in [-0.4, -0.2) is 23.1 Å². The lowest BCUT2D eigenvalue weighted by Gasteiger charge is -2.22. The molecule has 2 aliphatic rings. The molecule has 1 saturated heterocycles. The highest BCUT2D eigenvalue weighted by atomic mass is 19.4. The number of rotatable bonds is 2. The van der Waals surface area contributed by atoms with Crippen LogP contribution in [0.4, 0.5) is 19.1 Å². The van der Waals surface area contributed by atoms with E-state index < -0.39 is 11.7 Å². The maximum absolute atomic E-state index is 13.4. The molecule has 2 heterocycles. The second-order valence-electron chi connectivity index (χ2n) is 8.00. The Bertz CT molecular complexity index is 825. The van der Waals surface area contributed by atoms with Gasteiger partial charge in [0, 0.05) is 24.5 Å². The van der Waals surface area contributed by atoms with Gasteiger partial charge in [0.15, 0.2) is 0 Å². The maximum Gasteiger partial charge on any atom is 0.416 e. The number of benzene rings is 1. The van der Waals surface area contributed by atoms with Crippen molar-refractivity contribution >= 4 is 5.95 Å². The van der Waals surface area contributed by atoms with Gasteiger partial charge >= 0.3 is 6.18 Å². The Morgan fingerprint density at radius 1 is 0.926 bits per heavy atom. The monoisotopic (exact) mass is 375 g/mol. The van der Waals surface area contributed by atoms with E-state index in [-0.39, 0.29) is 5.92 Å². The minimum atomic E-state index is -4.29. The largest absolute Gasteiger partial charge is 0.416 e. The molecule has 4 rings (SSSR count). The number of halogens is 3. The fourth-order valence-corrected chi connectivity index (χ4v) is 4.72. The molecular formula is C21H24F3N3. The Kier molecular flexibility index (Phi) is 4.40. The van der Waals surface area contributed by atoms with Gasteiger partial charge in [0.25, 0.3) is 0 Å². The van der Waals surface area contributed by atoms with E-state index in [9.17, 15) is 13.2 Å². The van der Waals surface area contributed by atoms with Crippen molar-refractivity contribution in [2.45, 2.75) is 45.7 Å². The second kappa shape index (κ2) is 6.50. The number of aryl methyl sites for hydroxylation is 2. The van der Waals surface area contributed by atoms with E-state index >= 15 is 0 Å². The molecule has 3 nitrogen and oxygen atoms in total. The van der Waals surface area contributed by atoms with E-state index in [4.69, 9.17) is 0 Å². The third-order valence-electron chi connectivity index (χ3n) is 6.36. The molecule has 1 aromatic heterocycles. The van der Waals surface area contributed by atoms with Gasteiger partial charge in [-0.05, 0) is 68.6 Å². The van der Waals surface area contributed by atoms with E-state index in [1.807, 2.05) is 20.8 Å². The van der Waals surface area contributed by atoms with Gasteiger partial charge in [-0.15, -0.1) is 0 Å². The summed E-state index contributed by atoms with van der Waals surface area (Å²) in [7, 11) is 0. The summed E-state index contributed by atoms with van der Waals surface area (Å²) in [5, 5.41) is 0. The Balaban J connectivity index is 1.51. The van der Waals surface area contributed by atoms with Gasteiger partial charge in [-0.3, -0.25) is 0 Å². The molecule has 6 heteroatoms. The van der Waals surface area contributed by atoms with E-state index in [2.05, 4.69) is 14.9 Å². The molecule has 1 saturated carbocycles. The highest BCUT2D eigenvalue weighted by Gasteiger charge is 2.44. The van der Waals surface area contributed by atoms with Crippen molar-refractivity contribution < 1.29 is 13.2 Å². The van der Waals surface area contributed by atoms with Crippen molar-refractivity contribution in [3.05, 3.63) is 52.3 Å². The van der Waals surface area contributed by atoms with Crippen LogP contribution in [0.5, 0.6) is 0 Å². The summed E-state index contributed by atoms with van der Waals surface area (Å²) in [6, 6.07) is 6.06. The number of hydrogen-bond acceptors (Lipinski definition) is 3. The van der Waals surface area contributed by atoms with Crippen molar-refractivity contribution in [1.29, 1.82) is 0 Å². The van der Waals surface area contributed by atoms with Gasteiger partial charge in [0.05, 0.1) is 5.56 Å². The lowest BCUT2D eigenvalue weighted by Crippen LogP contribution is -2.24. The standard InChI is InChI=1S/C21H24F3N3/c1-12-13(2)25-20(26-14(12)3)27-10-16-8-15(9-17(16)11-27)18-6-4-5-7-19(18)21(22,23)24/h4-7,15-17H,8-11H2,1-3H3/t15?,16-,17+. The summed E-state index contributed by atoms with van der Waals surface area (Å²) in [5.41, 5.74) is 3.09. The highest BCUT2D eigenvalue weighted by Crippen LogP contribution is 2.49. The Hall–Kier alpha value is -2.11. The normalized spacial score (nSPS) is 25.1. The van der Waals surface area contributed by atoms with Gasteiger partial charge in [-0.1, -0.05) is 18.2 Å². The molecule has 2 aromatic rings. The van der Waals surface area contributed by atoms with Crippen LogP contribution >= 0.6 is 0 Å². The Labute approximate surface area is 157 Å². The van der Waals surface area contributed by atoms with Crippen LogP contribution in [0.1, 0.15) is 46.8 Å². The zero-order valence-corrected chi connectivity index (χ0v) is 15.8. The first-order valence-corrected chi connectivity index (χ1v) is 9.47. The number of aromatic nitrogens is 2. The molecule has 0 amide bonds. The first kappa shape index (κ1) is 18.3. The number of fused-ring (bicyclic) bond motifs is 1. The van der Waals surface area contributed by atoms with E-state index in [0.29, 0.717) is 17.4 Å². The van der Waals surface area contributed by atoms with Crippen LogP contribution < -0.4 is 4.90 Å². The summed E-state index contributed by atoms with van der Waals surface area (Å²) in [5.74, 6) is 1.56. The van der Waals surface area contributed by atoms with Crippen LogP contribution in [0.15, 0.2) is 24.3 Å². The predicted octanol–water partition coefficient (Wildman–Crippen LogP) is 5.05. The fourth-order valence-electron chi connectivity index (χ4n) is 4.72. The van der Waals surface area contributed by atoms with Crippen molar-refractivity contribution in [2.75, 3.05) is 18.0 Å². The summed E-state index contributed by atoms with van der Waals surface area (Å²) < 4.78 is 40.1. The number of nitrogens with zero attached hydrogens (tertiary/aromatic N) is 3. The van der Waals surface area contributed by atoms with Crippen molar-refractivity contribution in [3.63, 3.8) is 0 Å². The molecule has 144 valence electrons. The van der Waals surface area contributed by atoms with Crippen LogP contribution in [0, 0.1) is 32.6 Å². The van der Waals surface area contributed by atoms with Gasteiger partial charge in [0.1, 0.15) is 0 Å². The van der Waals surface area contributed by atoms with Gasteiger partial charge in [0.2, 0.25) is 5.95 Å². The summed E-state index contributed by atoms with van der Waals surface area (Å²) in [6.07, 6.45) is -2.68. The SMILES string of the molecule is Cc1nc(N2C[C@H]3CC(c4ccccc4C(F)(F)F)C[C@H]3C2)nc(C)c1C. The van der Waals surface area contributed by atoms with Crippen molar-refractivity contribution in [3.8, 4) is 0 Å². The minimum Gasteiger partial charge on any atom is -0.340 e. The van der Waals surface area contributed by atoms with Gasteiger partial charge in [-0.25, -0.2) is 9.97 Å². The average molecular weight is 375 g/mol. The molecule has 0 spiro atoms. The van der Waals surface area contributed by atoms with Crippen LogP contribution in [-0.2, 0) is 6.18 Å². The van der Waals surface area contributed by atoms with E-state index in [0.717, 1.165) is 48.8 Å². The zero-order chi connectivity index (χ0) is 19.3. The molecule has 0 bridgehead atoms. The molecular weight excluding hydrogens is 351 g/mol. The number of hydrogen-bond donors (Lipinski definition) is 0. The Morgan fingerprint density at radius 2 is 1.48 bits per heavy atom. The van der Waals surface area contributed by atoms with Gasteiger partial charge < -0.3 is 4.90 Å². The summed E-state index contributed by atoms with van der Waals surface area (Å²) >= 11 is 0. The lowest BCUT2D eigenvalue weighted by atomic mass is 9.91. The van der Waals surface area contributed by atoms with Crippen molar-refractivity contribution in [1.82, 2.24) is 9.97 Å². The molecule has 27 heavy (non-hydrogen) atoms. The predicted molar refractivity (Wildman–Crippen MR) is 98.9 cm³/mol. The lowest BCUT2D eigenvalue weighted by molar-refractivity contribution is -0.138. The topological polar surface area (TPSA) is 29.0 Å². The van der Waals surface area contributed by atoms with Crippen molar-refractivity contribution in [2.24, 2.45) is 11.8 Å². The number of anilines is 1. The highest BCUT2D eigenvalue weighted by molar-refractivity contribution is 5.39. The molecule has 1 aromatic carbocycles. The molecule has 1 aliphatic carbocycles. The molecule has 0 radical (unpaired) electrons. The minimum absolute atomic E-state index is 0.0117. The molecule has 0 N–H and O–H groups in total. The Morgan fingerprint density at radius 3 is 2.04 bits per heavy atom. The smallest absolute Gasteiger partial charge is 0.340 e. The average Bonchev–Trinajstić information content (AvgIpc) is 3.17. The third-order valence-corrected chi connectivity index (χ3v) is 6.36. The quantitative estimate of drug-likeness (QED) is 0.735. The summed E-state index contributed by atoms with van der Waals surface area (Å²) in [4.78, 5) is 11.5. The van der Waals surface area contributed by atoms with E-state index in [1.165, 1.54) is 12.1 Å². The van der Waals surface area contributed by atoms with Crippen LogP contribution in [0.2, 0.25) is 0 Å². The van der Waals surface area contributed by atoms with Crippen LogP contribution in [0.25, 0.3) is 0 Å². The van der Waals surface area contributed by atoms with Gasteiger partial charge in [-0.2, -0.15) is 13.2 Å². The van der Waals surface area contributed by atoms with E-state index in [1.54, 1.807) is 12.1 Å². The number of alkyl halides is 3. The second-order valence-corrected chi connectivity index (χ2v) is 8.00. The molecule has 1 aliphatic heterocycles. The van der Waals surface area contributed by atoms with Crippen LogP contribution in [0.3, 0.4) is 0 Å². The fraction of sp³-hybridized carbons (Fsp3) is 0.524. The molecule has 1 unspecified atom stereocenters. The summed E-state index contributed by atoms with van der Waals surface area (Å²) in [6.45, 7) is 7.67. The molecule has 3 atom stereocenters.